The Balaban J connectivity index is 2.78. The highest BCUT2D eigenvalue weighted by molar-refractivity contribution is 7.14. The maximum Gasteiger partial charge on any atom is 0.349 e. The van der Waals surface area contributed by atoms with Crippen LogP contribution in [0.25, 0.3) is 6.08 Å². The van der Waals surface area contributed by atoms with Crippen LogP contribution in [0.4, 0.5) is 0 Å². The van der Waals surface area contributed by atoms with E-state index in [0.717, 1.165) is 11.3 Å². The van der Waals surface area contributed by atoms with E-state index in [-0.39, 0.29) is 0 Å². The minimum Gasteiger partial charge on any atom is -0.465 e. The zero-order valence-corrected chi connectivity index (χ0v) is 8.21. The van der Waals surface area contributed by atoms with Gasteiger partial charge in [-0.15, -0.1) is 11.3 Å². The van der Waals surface area contributed by atoms with Gasteiger partial charge in [0.2, 0.25) is 5.91 Å². The number of nitrogens with two attached hydrogens (primary N) is 1. The summed E-state index contributed by atoms with van der Waals surface area (Å²) in [7, 11) is 1.29. The molecule has 0 bridgehead atoms. The molecule has 5 nitrogen and oxygen atoms in total. The summed E-state index contributed by atoms with van der Waals surface area (Å²) in [4.78, 5) is 25.7. The number of rotatable bonds is 3. The van der Waals surface area contributed by atoms with E-state index < -0.39 is 11.9 Å². The number of ether oxygens (including phenoxy) is 1. The molecule has 0 fully saturated rings. The van der Waals surface area contributed by atoms with E-state index in [1.807, 2.05) is 0 Å². The minimum absolute atomic E-state index is 0.386. The quantitative estimate of drug-likeness (QED) is 0.581. The number of esters is 1. The van der Waals surface area contributed by atoms with Gasteiger partial charge in [0, 0.05) is 6.08 Å². The molecule has 1 rings (SSSR count). The molecule has 1 amide bonds. The molecule has 1 aromatic heterocycles. The molecule has 0 atom stereocenters. The molecule has 14 heavy (non-hydrogen) atoms. The molecule has 0 unspecified atom stereocenters. The Kier molecular flexibility index (Phi) is 3.35. The monoisotopic (exact) mass is 212 g/mol. The number of primary amides is 1. The number of carbonyl (C=O) groups excluding carboxylic acids is 2. The SMILES string of the molecule is COC(=O)c1cnc(C=CC(N)=O)s1. The molecule has 1 aromatic rings. The molecule has 6 heteroatoms. The van der Waals surface area contributed by atoms with Crippen molar-refractivity contribution in [3.8, 4) is 0 Å². The first-order valence-corrected chi connectivity index (χ1v) is 4.47. The molecule has 0 aromatic carbocycles. The number of aromatic nitrogens is 1. The summed E-state index contributed by atoms with van der Waals surface area (Å²) in [6.07, 6.45) is 4.01. The number of nitrogens with zero attached hydrogens (tertiary/aromatic N) is 1. The fourth-order valence-corrected chi connectivity index (χ4v) is 1.45. The molecule has 1 heterocycles. The zero-order valence-electron chi connectivity index (χ0n) is 7.39. The summed E-state index contributed by atoms with van der Waals surface area (Å²) in [5.74, 6) is -0.999. The number of thiazole rings is 1. The van der Waals surface area contributed by atoms with Crippen molar-refractivity contribution in [2.75, 3.05) is 7.11 Å². The standard InChI is InChI=1S/C8H8N2O3S/c1-13-8(12)5-4-10-7(14-5)3-2-6(9)11/h2-4H,1H3,(H2,9,11). The lowest BCUT2D eigenvalue weighted by molar-refractivity contribution is -0.113. The largest absolute Gasteiger partial charge is 0.465 e. The first-order valence-electron chi connectivity index (χ1n) is 3.65. The average Bonchev–Trinajstić information content (AvgIpc) is 2.62. The smallest absolute Gasteiger partial charge is 0.349 e. The Hall–Kier alpha value is -1.69. The number of carbonyl (C=O) groups is 2. The van der Waals surface area contributed by atoms with E-state index in [4.69, 9.17) is 5.73 Å². The topological polar surface area (TPSA) is 82.3 Å². The van der Waals surface area contributed by atoms with Gasteiger partial charge < -0.3 is 10.5 Å². The van der Waals surface area contributed by atoms with Crippen LogP contribution in [0.15, 0.2) is 12.3 Å². The van der Waals surface area contributed by atoms with Gasteiger partial charge in [-0.2, -0.15) is 0 Å². The Morgan fingerprint density at radius 1 is 1.64 bits per heavy atom. The van der Waals surface area contributed by atoms with Crippen molar-refractivity contribution in [3.05, 3.63) is 22.2 Å². The van der Waals surface area contributed by atoms with Crippen molar-refractivity contribution in [2.24, 2.45) is 5.73 Å². The minimum atomic E-state index is -0.556. The molecule has 0 saturated carbocycles. The lowest BCUT2D eigenvalue weighted by Crippen LogP contribution is -2.04. The van der Waals surface area contributed by atoms with Crippen LogP contribution in [-0.4, -0.2) is 24.0 Å². The Bertz CT molecular complexity index is 384. The van der Waals surface area contributed by atoms with E-state index in [1.165, 1.54) is 25.5 Å². The average molecular weight is 212 g/mol. The van der Waals surface area contributed by atoms with Crippen LogP contribution in [0.5, 0.6) is 0 Å². The van der Waals surface area contributed by atoms with Gasteiger partial charge in [-0.05, 0) is 6.08 Å². The maximum atomic E-state index is 11.0. The summed E-state index contributed by atoms with van der Waals surface area (Å²) >= 11 is 1.13. The van der Waals surface area contributed by atoms with Crippen LogP contribution < -0.4 is 5.73 Å². The maximum absolute atomic E-state index is 11.0. The summed E-state index contributed by atoms with van der Waals surface area (Å²) in [5, 5.41) is 0.532. The molecule has 2 N–H and O–H groups in total. The predicted molar refractivity (Wildman–Crippen MR) is 51.7 cm³/mol. The fourth-order valence-electron chi connectivity index (χ4n) is 0.713. The number of hydrogen-bond donors (Lipinski definition) is 1. The molecule has 0 aliphatic carbocycles. The number of hydrogen-bond acceptors (Lipinski definition) is 5. The van der Waals surface area contributed by atoms with Crippen molar-refractivity contribution in [1.82, 2.24) is 4.98 Å². The van der Waals surface area contributed by atoms with Gasteiger partial charge in [-0.25, -0.2) is 9.78 Å². The van der Waals surface area contributed by atoms with Crippen molar-refractivity contribution in [1.29, 1.82) is 0 Å². The normalized spacial score (nSPS) is 10.4. The van der Waals surface area contributed by atoms with Crippen LogP contribution in [0.2, 0.25) is 0 Å². The van der Waals surface area contributed by atoms with Gasteiger partial charge in [0.05, 0.1) is 13.3 Å². The van der Waals surface area contributed by atoms with Gasteiger partial charge >= 0.3 is 5.97 Å². The van der Waals surface area contributed by atoms with Crippen LogP contribution in [-0.2, 0) is 9.53 Å². The van der Waals surface area contributed by atoms with E-state index in [0.29, 0.717) is 9.88 Å². The predicted octanol–water partition coefficient (Wildman–Crippen LogP) is 0.428. The van der Waals surface area contributed by atoms with E-state index in [2.05, 4.69) is 9.72 Å². The van der Waals surface area contributed by atoms with Crippen molar-refractivity contribution in [3.63, 3.8) is 0 Å². The second kappa shape index (κ2) is 4.52. The number of methoxy groups -OCH3 is 1. The fraction of sp³-hybridized carbons (Fsp3) is 0.125. The first-order chi connectivity index (χ1) is 6.63. The van der Waals surface area contributed by atoms with Gasteiger partial charge in [-0.3, -0.25) is 4.79 Å². The molecule has 0 aliphatic rings. The van der Waals surface area contributed by atoms with Crippen molar-refractivity contribution < 1.29 is 14.3 Å². The summed E-state index contributed by atoms with van der Waals surface area (Å²) in [6.45, 7) is 0. The van der Waals surface area contributed by atoms with Gasteiger partial charge in [0.15, 0.2) is 0 Å². The lowest BCUT2D eigenvalue weighted by Gasteiger charge is -1.89. The van der Waals surface area contributed by atoms with Crippen LogP contribution in [0.3, 0.4) is 0 Å². The third-order valence-electron chi connectivity index (χ3n) is 1.30. The summed E-state index contributed by atoms with van der Waals surface area (Å²) < 4.78 is 4.49. The van der Waals surface area contributed by atoms with Gasteiger partial charge in [-0.1, -0.05) is 0 Å². The number of amides is 1. The highest BCUT2D eigenvalue weighted by Gasteiger charge is 2.08. The first kappa shape index (κ1) is 10.4. The second-order valence-corrected chi connectivity index (χ2v) is 3.35. The third-order valence-corrected chi connectivity index (χ3v) is 2.24. The second-order valence-electron chi connectivity index (χ2n) is 2.29. The zero-order chi connectivity index (χ0) is 10.6. The summed E-state index contributed by atoms with van der Waals surface area (Å²) in [6, 6.07) is 0. The third kappa shape index (κ3) is 2.67. The van der Waals surface area contributed by atoms with E-state index >= 15 is 0 Å². The van der Waals surface area contributed by atoms with Crippen molar-refractivity contribution >= 4 is 29.3 Å². The molecule has 0 spiro atoms. The highest BCUT2D eigenvalue weighted by atomic mass is 32.1. The molecule has 0 radical (unpaired) electrons. The summed E-state index contributed by atoms with van der Waals surface area (Å²) in [5.41, 5.74) is 4.89. The van der Waals surface area contributed by atoms with Crippen LogP contribution >= 0.6 is 11.3 Å². The Morgan fingerprint density at radius 3 is 2.93 bits per heavy atom. The van der Waals surface area contributed by atoms with Crippen LogP contribution in [0, 0.1) is 0 Å². The van der Waals surface area contributed by atoms with E-state index in [9.17, 15) is 9.59 Å². The van der Waals surface area contributed by atoms with E-state index in [1.54, 1.807) is 0 Å². The molecule has 74 valence electrons. The molecular weight excluding hydrogens is 204 g/mol. The molecular formula is C8H8N2O3S. The lowest BCUT2D eigenvalue weighted by atomic mass is 10.5. The molecule has 0 aliphatic heterocycles. The Labute approximate surface area is 84.2 Å². The van der Waals surface area contributed by atoms with Gasteiger partial charge in [0.1, 0.15) is 9.88 Å². The molecule has 0 saturated heterocycles. The highest BCUT2D eigenvalue weighted by Crippen LogP contribution is 2.14. The van der Waals surface area contributed by atoms with Crippen molar-refractivity contribution in [2.45, 2.75) is 0 Å². The van der Waals surface area contributed by atoms with Gasteiger partial charge in [0.25, 0.3) is 0 Å². The Morgan fingerprint density at radius 2 is 2.36 bits per heavy atom. The van der Waals surface area contributed by atoms with Crippen LogP contribution in [0.1, 0.15) is 14.7 Å².